The SMILES string of the molecule is CC(C)(C)C(C)(C#N)CCC(=O)NCCC(C)(C)S(C)(C)C. The molecule has 0 saturated carbocycles. The molecule has 0 aromatic carbocycles. The molecule has 0 aliphatic heterocycles. The molecule has 0 heterocycles. The lowest BCUT2D eigenvalue weighted by molar-refractivity contribution is -0.121. The Hall–Kier alpha value is -0.690. The summed E-state index contributed by atoms with van der Waals surface area (Å²) < 4.78 is 0.257. The van der Waals surface area contributed by atoms with Crippen LogP contribution in [0, 0.1) is 22.2 Å². The lowest BCUT2D eigenvalue weighted by Crippen LogP contribution is -2.36. The first-order valence-corrected chi connectivity index (χ1v) is 10.9. The maximum absolute atomic E-state index is 12.1. The van der Waals surface area contributed by atoms with Gasteiger partial charge in [0.2, 0.25) is 5.91 Å². The van der Waals surface area contributed by atoms with Crippen molar-refractivity contribution in [3.05, 3.63) is 0 Å². The van der Waals surface area contributed by atoms with E-state index in [-0.39, 0.29) is 16.1 Å². The fraction of sp³-hybridized carbons (Fsp3) is 0.889. The summed E-state index contributed by atoms with van der Waals surface area (Å²) in [6, 6.07) is 2.40. The second-order valence-corrected chi connectivity index (χ2v) is 13.7. The molecule has 3 nitrogen and oxygen atoms in total. The van der Waals surface area contributed by atoms with Crippen molar-refractivity contribution in [1.82, 2.24) is 5.32 Å². The monoisotopic (exact) mass is 328 g/mol. The summed E-state index contributed by atoms with van der Waals surface area (Å²) in [7, 11) is -0.654. The Morgan fingerprint density at radius 2 is 1.55 bits per heavy atom. The normalized spacial score (nSPS) is 16.5. The third-order valence-electron chi connectivity index (χ3n) is 5.46. The molecule has 0 saturated heterocycles. The van der Waals surface area contributed by atoms with Crippen LogP contribution in [0.25, 0.3) is 0 Å². The Morgan fingerprint density at radius 1 is 1.05 bits per heavy atom. The van der Waals surface area contributed by atoms with Crippen LogP contribution in [0.2, 0.25) is 0 Å². The van der Waals surface area contributed by atoms with E-state index in [1.807, 2.05) is 6.92 Å². The van der Waals surface area contributed by atoms with Gasteiger partial charge in [-0.25, -0.2) is 10.0 Å². The van der Waals surface area contributed by atoms with E-state index in [0.29, 0.717) is 12.8 Å². The zero-order valence-electron chi connectivity index (χ0n) is 16.1. The molecule has 1 atom stereocenters. The summed E-state index contributed by atoms with van der Waals surface area (Å²) in [5, 5.41) is 12.5. The van der Waals surface area contributed by atoms with Crippen LogP contribution in [-0.4, -0.2) is 36.0 Å². The van der Waals surface area contributed by atoms with E-state index < -0.39 is 15.4 Å². The summed E-state index contributed by atoms with van der Waals surface area (Å²) >= 11 is 0. The summed E-state index contributed by atoms with van der Waals surface area (Å²) in [5.74, 6) is 0.0606. The maximum Gasteiger partial charge on any atom is 0.220 e. The van der Waals surface area contributed by atoms with Gasteiger partial charge < -0.3 is 5.32 Å². The highest BCUT2D eigenvalue weighted by molar-refractivity contribution is 8.33. The van der Waals surface area contributed by atoms with Crippen LogP contribution in [0.15, 0.2) is 0 Å². The highest BCUT2D eigenvalue weighted by Crippen LogP contribution is 2.51. The Bertz CT molecular complexity index is 424. The fourth-order valence-corrected chi connectivity index (χ4v) is 2.57. The minimum Gasteiger partial charge on any atom is -0.356 e. The first-order valence-electron chi connectivity index (χ1n) is 8.02. The van der Waals surface area contributed by atoms with Crippen molar-refractivity contribution in [2.45, 2.75) is 65.6 Å². The molecule has 0 spiro atoms. The van der Waals surface area contributed by atoms with Crippen LogP contribution in [0.1, 0.15) is 60.8 Å². The summed E-state index contributed by atoms with van der Waals surface area (Å²) in [6.45, 7) is 13.4. The van der Waals surface area contributed by atoms with Crippen molar-refractivity contribution in [2.75, 3.05) is 25.3 Å². The average molecular weight is 329 g/mol. The first-order chi connectivity index (χ1) is 9.66. The van der Waals surface area contributed by atoms with Gasteiger partial charge in [0.1, 0.15) is 0 Å². The van der Waals surface area contributed by atoms with Gasteiger partial charge in [0.15, 0.2) is 0 Å². The quantitative estimate of drug-likeness (QED) is 0.756. The van der Waals surface area contributed by atoms with Gasteiger partial charge in [0, 0.05) is 13.0 Å². The van der Waals surface area contributed by atoms with E-state index in [9.17, 15) is 10.1 Å². The van der Waals surface area contributed by atoms with Gasteiger partial charge in [0.25, 0.3) is 0 Å². The largest absolute Gasteiger partial charge is 0.356 e. The van der Waals surface area contributed by atoms with Crippen molar-refractivity contribution in [3.8, 4) is 6.07 Å². The third kappa shape index (κ3) is 5.83. The molecule has 0 bridgehead atoms. The van der Waals surface area contributed by atoms with E-state index in [4.69, 9.17) is 0 Å². The van der Waals surface area contributed by atoms with Crippen LogP contribution in [0.4, 0.5) is 0 Å². The topological polar surface area (TPSA) is 52.9 Å². The number of nitriles is 1. The van der Waals surface area contributed by atoms with Crippen molar-refractivity contribution in [1.29, 1.82) is 5.26 Å². The van der Waals surface area contributed by atoms with Gasteiger partial charge in [-0.2, -0.15) is 5.26 Å². The lowest BCUT2D eigenvalue weighted by atomic mass is 9.66. The van der Waals surface area contributed by atoms with Crippen molar-refractivity contribution in [3.63, 3.8) is 0 Å². The van der Waals surface area contributed by atoms with Gasteiger partial charge in [-0.15, -0.1) is 0 Å². The molecule has 1 amide bonds. The molecule has 0 aliphatic rings. The number of carbonyl (C=O) groups excluding carboxylic acids is 1. The first kappa shape index (κ1) is 21.3. The number of carbonyl (C=O) groups is 1. The van der Waals surface area contributed by atoms with E-state index in [2.05, 4.69) is 64.8 Å². The molecular formula is C18H36N2OS. The second-order valence-electron chi connectivity index (χ2n) is 8.89. The molecule has 4 heteroatoms. The lowest BCUT2D eigenvalue weighted by Gasteiger charge is -2.44. The van der Waals surface area contributed by atoms with Crippen molar-refractivity contribution in [2.24, 2.45) is 10.8 Å². The molecule has 0 rings (SSSR count). The number of hydrogen-bond donors (Lipinski definition) is 1. The van der Waals surface area contributed by atoms with E-state index in [1.54, 1.807) is 0 Å². The Balaban J connectivity index is 4.37. The molecule has 130 valence electrons. The highest BCUT2D eigenvalue weighted by atomic mass is 32.3. The number of amides is 1. The summed E-state index contributed by atoms with van der Waals surface area (Å²) in [4.78, 5) is 12.1. The van der Waals surface area contributed by atoms with Crippen LogP contribution in [0.5, 0.6) is 0 Å². The third-order valence-corrected chi connectivity index (χ3v) is 8.98. The molecular weight excluding hydrogens is 292 g/mol. The van der Waals surface area contributed by atoms with Crippen molar-refractivity contribution < 1.29 is 4.79 Å². The molecule has 0 radical (unpaired) electrons. The molecule has 22 heavy (non-hydrogen) atoms. The number of nitrogens with one attached hydrogen (secondary N) is 1. The van der Waals surface area contributed by atoms with Crippen molar-refractivity contribution >= 4 is 15.9 Å². The standard InChI is InChI=1S/C18H36N2OS/c1-16(2,3)18(6,14-19)11-10-15(21)20-13-12-17(4,5)22(7,8)9/h10-13H2,1-9H3,(H,20,21). The average Bonchev–Trinajstić information content (AvgIpc) is 2.32. The Morgan fingerprint density at radius 3 is 1.91 bits per heavy atom. The van der Waals surface area contributed by atoms with Gasteiger partial charge in [-0.1, -0.05) is 34.6 Å². The number of rotatable bonds is 7. The minimum atomic E-state index is -0.654. The van der Waals surface area contributed by atoms with Crippen LogP contribution < -0.4 is 5.32 Å². The maximum atomic E-state index is 12.1. The van der Waals surface area contributed by atoms with E-state index in [1.165, 1.54) is 0 Å². The second kappa shape index (κ2) is 7.25. The minimum absolute atomic E-state index is 0.0606. The molecule has 1 N–H and O–H groups in total. The van der Waals surface area contributed by atoms with Gasteiger partial charge in [-0.05, 0) is 48.7 Å². The molecule has 0 aromatic rings. The summed E-state index contributed by atoms with van der Waals surface area (Å²) in [5.41, 5.74) is -0.598. The van der Waals surface area contributed by atoms with E-state index in [0.717, 1.165) is 13.0 Å². The zero-order valence-corrected chi connectivity index (χ0v) is 16.9. The van der Waals surface area contributed by atoms with Crippen LogP contribution in [-0.2, 0) is 4.79 Å². The smallest absolute Gasteiger partial charge is 0.220 e. The Labute approximate surface area is 139 Å². The van der Waals surface area contributed by atoms with Crippen LogP contribution >= 0.6 is 10.0 Å². The molecule has 0 aromatic heterocycles. The molecule has 0 aliphatic carbocycles. The number of nitrogens with zero attached hydrogens (tertiary/aromatic N) is 1. The predicted octanol–water partition coefficient (Wildman–Crippen LogP) is 4.32. The van der Waals surface area contributed by atoms with Gasteiger partial charge >= 0.3 is 0 Å². The fourth-order valence-electron chi connectivity index (χ4n) is 1.86. The molecule has 0 fully saturated rings. The predicted molar refractivity (Wildman–Crippen MR) is 99.5 cm³/mol. The van der Waals surface area contributed by atoms with Gasteiger partial charge in [-0.3, -0.25) is 4.79 Å². The Kier molecular flexibility index (Phi) is 7.03. The van der Waals surface area contributed by atoms with Gasteiger partial charge in [0.05, 0.1) is 11.5 Å². The van der Waals surface area contributed by atoms with Crippen LogP contribution in [0.3, 0.4) is 0 Å². The molecule has 1 unspecified atom stereocenters. The van der Waals surface area contributed by atoms with E-state index >= 15 is 0 Å². The zero-order chi connectivity index (χ0) is 17.8. The highest BCUT2D eigenvalue weighted by Gasteiger charge is 2.37. The number of hydrogen-bond acceptors (Lipinski definition) is 2. The summed E-state index contributed by atoms with van der Waals surface area (Å²) in [6.07, 6.45) is 8.97.